The van der Waals surface area contributed by atoms with Crippen LogP contribution in [0, 0.1) is 6.92 Å². The van der Waals surface area contributed by atoms with E-state index in [0.717, 1.165) is 42.9 Å². The number of nitrogens with zero attached hydrogens (tertiary/aromatic N) is 1. The minimum absolute atomic E-state index is 0.0346. The first-order valence-corrected chi connectivity index (χ1v) is 10.1. The summed E-state index contributed by atoms with van der Waals surface area (Å²) in [5.41, 5.74) is 3.46. The molecule has 1 aromatic heterocycles. The zero-order valence-electron chi connectivity index (χ0n) is 17.0. The molecule has 0 unspecified atom stereocenters. The number of methoxy groups -OCH3 is 1. The second-order valence-electron chi connectivity index (χ2n) is 7.71. The largest absolute Gasteiger partial charge is 0.496 e. The van der Waals surface area contributed by atoms with Crippen LogP contribution >= 0.6 is 0 Å². The summed E-state index contributed by atoms with van der Waals surface area (Å²) in [7, 11) is 1.68. The standard InChI is InChI=1S/C24H27NO4/c1-17-9-10-23-21(12-17)24(26)19(16-29-23)14-25(15-20-7-5-11-28-20)13-18-6-3-4-8-22(18)27-2/h3-4,6,8-10,12,16,20H,5,7,11,13-15H2,1-2H3/t20-/m1/s1. The maximum atomic E-state index is 13.1. The fourth-order valence-corrected chi connectivity index (χ4v) is 3.97. The molecular formula is C24H27NO4. The molecule has 0 bridgehead atoms. The van der Waals surface area contributed by atoms with Gasteiger partial charge >= 0.3 is 0 Å². The van der Waals surface area contributed by atoms with Crippen molar-refractivity contribution in [3.8, 4) is 5.75 Å². The average molecular weight is 393 g/mol. The van der Waals surface area contributed by atoms with Gasteiger partial charge in [0.15, 0.2) is 5.43 Å². The first-order valence-electron chi connectivity index (χ1n) is 10.1. The van der Waals surface area contributed by atoms with Gasteiger partial charge in [0.2, 0.25) is 0 Å². The second kappa shape index (κ2) is 8.80. The zero-order chi connectivity index (χ0) is 20.2. The van der Waals surface area contributed by atoms with Crippen LogP contribution in [-0.4, -0.2) is 31.3 Å². The van der Waals surface area contributed by atoms with Crippen LogP contribution in [0.5, 0.6) is 5.75 Å². The molecule has 0 radical (unpaired) electrons. The number of hydrogen-bond acceptors (Lipinski definition) is 5. The molecule has 0 spiro atoms. The van der Waals surface area contributed by atoms with Gasteiger partial charge in [-0.1, -0.05) is 29.8 Å². The molecule has 2 aromatic carbocycles. The molecular weight excluding hydrogens is 366 g/mol. The van der Waals surface area contributed by atoms with Crippen molar-refractivity contribution in [1.82, 2.24) is 4.90 Å². The summed E-state index contributed by atoms with van der Waals surface area (Å²) in [4.78, 5) is 15.3. The van der Waals surface area contributed by atoms with E-state index in [9.17, 15) is 4.79 Å². The van der Waals surface area contributed by atoms with Gasteiger partial charge in [-0.05, 0) is 38.0 Å². The number of hydrogen-bond donors (Lipinski definition) is 0. The Balaban J connectivity index is 1.63. The monoisotopic (exact) mass is 393 g/mol. The summed E-state index contributed by atoms with van der Waals surface area (Å²) in [6.07, 6.45) is 3.93. The fourth-order valence-electron chi connectivity index (χ4n) is 3.97. The Kier molecular flexibility index (Phi) is 5.97. The Morgan fingerprint density at radius 2 is 1.97 bits per heavy atom. The predicted octanol–water partition coefficient (Wildman–Crippen LogP) is 4.29. The van der Waals surface area contributed by atoms with Gasteiger partial charge in [0, 0.05) is 37.4 Å². The summed E-state index contributed by atoms with van der Waals surface area (Å²) in [6.45, 7) is 4.74. The van der Waals surface area contributed by atoms with Gasteiger partial charge in [0.1, 0.15) is 11.3 Å². The van der Waals surface area contributed by atoms with E-state index in [1.807, 2.05) is 43.3 Å². The summed E-state index contributed by atoms with van der Waals surface area (Å²) in [5.74, 6) is 0.853. The van der Waals surface area contributed by atoms with Gasteiger partial charge in [0.05, 0.1) is 24.9 Å². The third-order valence-corrected chi connectivity index (χ3v) is 5.47. The second-order valence-corrected chi connectivity index (χ2v) is 7.71. The van der Waals surface area contributed by atoms with Crippen molar-refractivity contribution >= 4 is 11.0 Å². The molecule has 0 aliphatic carbocycles. The maximum Gasteiger partial charge on any atom is 0.197 e. The van der Waals surface area contributed by atoms with E-state index in [-0.39, 0.29) is 11.5 Å². The number of benzene rings is 2. The highest BCUT2D eigenvalue weighted by atomic mass is 16.5. The highest BCUT2D eigenvalue weighted by molar-refractivity contribution is 5.77. The summed E-state index contributed by atoms with van der Waals surface area (Å²) >= 11 is 0. The highest BCUT2D eigenvalue weighted by Gasteiger charge is 2.21. The van der Waals surface area contributed by atoms with E-state index in [0.29, 0.717) is 29.6 Å². The molecule has 4 rings (SSSR count). The third-order valence-electron chi connectivity index (χ3n) is 5.47. The van der Waals surface area contributed by atoms with Crippen molar-refractivity contribution in [2.24, 2.45) is 0 Å². The van der Waals surface area contributed by atoms with Crippen LogP contribution in [0.1, 0.15) is 29.5 Å². The van der Waals surface area contributed by atoms with E-state index in [1.54, 1.807) is 13.4 Å². The van der Waals surface area contributed by atoms with Gasteiger partial charge in [-0.25, -0.2) is 0 Å². The van der Waals surface area contributed by atoms with Gasteiger partial charge in [0.25, 0.3) is 0 Å². The van der Waals surface area contributed by atoms with Crippen molar-refractivity contribution in [2.75, 3.05) is 20.3 Å². The van der Waals surface area contributed by atoms with Gasteiger partial charge < -0.3 is 13.9 Å². The molecule has 0 saturated carbocycles. The number of fused-ring (bicyclic) bond motifs is 1. The van der Waals surface area contributed by atoms with Crippen molar-refractivity contribution in [2.45, 2.75) is 39.0 Å². The minimum Gasteiger partial charge on any atom is -0.496 e. The minimum atomic E-state index is 0.0346. The van der Waals surface area contributed by atoms with E-state index < -0.39 is 0 Å². The van der Waals surface area contributed by atoms with Crippen LogP contribution < -0.4 is 10.2 Å². The summed E-state index contributed by atoms with van der Waals surface area (Å²) < 4.78 is 17.1. The number of aryl methyl sites for hydroxylation is 1. The average Bonchev–Trinajstić information content (AvgIpc) is 3.24. The van der Waals surface area contributed by atoms with Gasteiger partial charge in [-0.2, -0.15) is 0 Å². The van der Waals surface area contributed by atoms with Crippen molar-refractivity contribution in [3.63, 3.8) is 0 Å². The molecule has 5 heteroatoms. The predicted molar refractivity (Wildman–Crippen MR) is 113 cm³/mol. The fraction of sp³-hybridized carbons (Fsp3) is 0.375. The molecule has 1 aliphatic rings. The first kappa shape index (κ1) is 19.7. The topological polar surface area (TPSA) is 51.9 Å². The lowest BCUT2D eigenvalue weighted by Gasteiger charge is -2.25. The molecule has 1 aliphatic heterocycles. The van der Waals surface area contributed by atoms with E-state index >= 15 is 0 Å². The van der Waals surface area contributed by atoms with E-state index in [2.05, 4.69) is 11.0 Å². The lowest BCUT2D eigenvalue weighted by molar-refractivity contribution is 0.0673. The molecule has 1 saturated heterocycles. The molecule has 0 amide bonds. The Hall–Kier alpha value is -2.63. The van der Waals surface area contributed by atoms with E-state index in [1.165, 1.54) is 0 Å². The normalized spacial score (nSPS) is 16.6. The van der Waals surface area contributed by atoms with E-state index in [4.69, 9.17) is 13.9 Å². The lowest BCUT2D eigenvalue weighted by Crippen LogP contribution is -2.33. The smallest absolute Gasteiger partial charge is 0.197 e. The van der Waals surface area contributed by atoms with Gasteiger partial charge in [-0.15, -0.1) is 0 Å². The Morgan fingerprint density at radius 3 is 2.76 bits per heavy atom. The molecule has 0 N–H and O–H groups in total. The molecule has 29 heavy (non-hydrogen) atoms. The first-order chi connectivity index (χ1) is 14.1. The van der Waals surface area contributed by atoms with Crippen LogP contribution in [0.3, 0.4) is 0 Å². The van der Waals surface area contributed by atoms with Crippen molar-refractivity contribution in [1.29, 1.82) is 0 Å². The SMILES string of the molecule is COc1ccccc1CN(Cc1coc2ccc(C)cc2c1=O)C[C@H]1CCCO1. The summed E-state index contributed by atoms with van der Waals surface area (Å²) in [6, 6.07) is 13.7. The molecule has 1 fully saturated rings. The molecule has 152 valence electrons. The van der Waals surface area contributed by atoms with Crippen LogP contribution in [0.15, 0.2) is 57.9 Å². The van der Waals surface area contributed by atoms with Crippen LogP contribution in [-0.2, 0) is 17.8 Å². The van der Waals surface area contributed by atoms with Crippen molar-refractivity contribution in [3.05, 3.63) is 75.6 Å². The Bertz CT molecular complexity index is 1040. The third kappa shape index (κ3) is 4.52. The highest BCUT2D eigenvalue weighted by Crippen LogP contribution is 2.23. The van der Waals surface area contributed by atoms with Crippen LogP contribution in [0.2, 0.25) is 0 Å². The quantitative estimate of drug-likeness (QED) is 0.599. The molecule has 1 atom stereocenters. The lowest BCUT2D eigenvalue weighted by atomic mass is 10.1. The molecule has 3 aromatic rings. The number of para-hydroxylation sites is 1. The Morgan fingerprint density at radius 1 is 1.14 bits per heavy atom. The number of rotatable bonds is 7. The van der Waals surface area contributed by atoms with Crippen LogP contribution in [0.25, 0.3) is 11.0 Å². The number of ether oxygens (including phenoxy) is 2. The van der Waals surface area contributed by atoms with Crippen molar-refractivity contribution < 1.29 is 13.9 Å². The Labute approximate surface area is 170 Å². The zero-order valence-corrected chi connectivity index (χ0v) is 17.0. The summed E-state index contributed by atoms with van der Waals surface area (Å²) in [5, 5.41) is 0.636. The van der Waals surface area contributed by atoms with Crippen LogP contribution in [0.4, 0.5) is 0 Å². The molecule has 2 heterocycles. The molecule has 5 nitrogen and oxygen atoms in total. The maximum absolute atomic E-state index is 13.1. The van der Waals surface area contributed by atoms with Gasteiger partial charge in [-0.3, -0.25) is 9.69 Å².